The molecule has 1 aliphatic heterocycles. The maximum Gasteiger partial charge on any atom is 0.243 e. The molecule has 112 valence electrons. The number of ether oxygens (including phenoxy) is 1. The van der Waals surface area contributed by atoms with Crippen molar-refractivity contribution in [2.45, 2.75) is 37.8 Å². The number of nitrogens with zero attached hydrogens (tertiary/aromatic N) is 4. The molecule has 2 fully saturated rings. The van der Waals surface area contributed by atoms with Gasteiger partial charge in [0.15, 0.2) is 5.82 Å². The number of hydrogen-bond donors (Lipinski definition) is 0. The van der Waals surface area contributed by atoms with Crippen LogP contribution in [0.3, 0.4) is 0 Å². The predicted molar refractivity (Wildman–Crippen MR) is 77.1 cm³/mol. The van der Waals surface area contributed by atoms with Crippen LogP contribution < -0.4 is 0 Å². The third-order valence-electron chi connectivity index (χ3n) is 4.13. The van der Waals surface area contributed by atoms with Gasteiger partial charge in [-0.3, -0.25) is 4.90 Å². The van der Waals surface area contributed by atoms with Gasteiger partial charge in [-0.2, -0.15) is 4.98 Å². The van der Waals surface area contributed by atoms with Crippen molar-refractivity contribution in [2.75, 3.05) is 19.7 Å². The highest BCUT2D eigenvalue weighted by Crippen LogP contribution is 2.39. The Labute approximate surface area is 127 Å². The maximum atomic E-state index is 5.83. The lowest BCUT2D eigenvalue weighted by molar-refractivity contribution is -0.0470. The maximum absolute atomic E-state index is 5.83. The summed E-state index contributed by atoms with van der Waals surface area (Å²) in [5.41, 5.74) is 0. The molecule has 0 bridgehead atoms. The van der Waals surface area contributed by atoms with E-state index < -0.39 is 0 Å². The summed E-state index contributed by atoms with van der Waals surface area (Å²) in [6.07, 6.45) is 4.26. The minimum absolute atomic E-state index is 0.0482. The molecule has 2 aromatic rings. The topological polar surface area (TPSA) is 64.3 Å². The molecule has 0 unspecified atom stereocenters. The van der Waals surface area contributed by atoms with Crippen LogP contribution in [0.15, 0.2) is 16.1 Å². The highest BCUT2D eigenvalue weighted by Gasteiger charge is 2.33. The average Bonchev–Trinajstić information content (AvgIpc) is 3.05. The minimum atomic E-state index is 0.0482. The first-order chi connectivity index (χ1) is 10.3. The van der Waals surface area contributed by atoms with Crippen LogP contribution in [0.4, 0.5) is 0 Å². The fraction of sp³-hybridized carbons (Fsp3) is 0.643. The van der Waals surface area contributed by atoms with Crippen LogP contribution in [-0.4, -0.2) is 39.7 Å². The number of hydrogen-bond acceptors (Lipinski definition) is 7. The fourth-order valence-electron chi connectivity index (χ4n) is 2.64. The van der Waals surface area contributed by atoms with Crippen LogP contribution in [0, 0.1) is 0 Å². The third kappa shape index (κ3) is 2.73. The van der Waals surface area contributed by atoms with E-state index in [0.717, 1.165) is 29.8 Å². The van der Waals surface area contributed by atoms with Gasteiger partial charge in [-0.15, -0.1) is 11.3 Å². The Morgan fingerprint density at radius 2 is 2.33 bits per heavy atom. The molecule has 0 N–H and O–H groups in total. The molecule has 2 aromatic heterocycles. The second-order valence-corrected chi connectivity index (χ2v) is 6.59. The molecule has 1 aliphatic carbocycles. The molecule has 1 saturated heterocycles. The molecule has 3 heterocycles. The van der Waals surface area contributed by atoms with E-state index in [-0.39, 0.29) is 12.1 Å². The van der Waals surface area contributed by atoms with E-state index in [1.54, 1.807) is 11.3 Å². The number of morpholine rings is 1. The van der Waals surface area contributed by atoms with E-state index in [1.807, 2.05) is 11.6 Å². The van der Waals surface area contributed by atoms with Crippen molar-refractivity contribution in [2.24, 2.45) is 0 Å². The summed E-state index contributed by atoms with van der Waals surface area (Å²) in [6.45, 7) is 4.52. The molecule has 1 saturated carbocycles. The van der Waals surface area contributed by atoms with Gasteiger partial charge >= 0.3 is 0 Å². The van der Waals surface area contributed by atoms with Gasteiger partial charge in [-0.05, 0) is 19.8 Å². The number of rotatable bonds is 4. The summed E-state index contributed by atoms with van der Waals surface area (Å²) in [5.74, 6) is 2.13. The first-order valence-electron chi connectivity index (χ1n) is 7.40. The number of thiazole rings is 1. The average molecular weight is 306 g/mol. The Morgan fingerprint density at radius 1 is 1.43 bits per heavy atom. The Balaban J connectivity index is 1.46. The molecule has 21 heavy (non-hydrogen) atoms. The van der Waals surface area contributed by atoms with Gasteiger partial charge in [0.1, 0.15) is 11.1 Å². The quantitative estimate of drug-likeness (QED) is 0.865. The molecule has 0 amide bonds. The van der Waals surface area contributed by atoms with Crippen LogP contribution in [0.5, 0.6) is 0 Å². The van der Waals surface area contributed by atoms with E-state index in [2.05, 4.69) is 26.9 Å². The summed E-state index contributed by atoms with van der Waals surface area (Å²) < 4.78 is 11.3. The van der Waals surface area contributed by atoms with E-state index in [9.17, 15) is 0 Å². The molecular weight excluding hydrogens is 288 g/mol. The largest absolute Gasteiger partial charge is 0.368 e. The smallest absolute Gasteiger partial charge is 0.243 e. The fourth-order valence-corrected chi connectivity index (χ4v) is 3.32. The van der Waals surface area contributed by atoms with Crippen LogP contribution in [-0.2, 0) is 4.74 Å². The van der Waals surface area contributed by atoms with Gasteiger partial charge in [0.25, 0.3) is 0 Å². The zero-order valence-electron chi connectivity index (χ0n) is 11.9. The Kier molecular flexibility index (Phi) is 3.48. The summed E-state index contributed by atoms with van der Waals surface area (Å²) in [6, 6.07) is 0.122. The van der Waals surface area contributed by atoms with Crippen LogP contribution in [0.25, 0.3) is 0 Å². The summed E-state index contributed by atoms with van der Waals surface area (Å²) in [4.78, 5) is 11.3. The van der Waals surface area contributed by atoms with Crippen molar-refractivity contribution >= 4 is 11.3 Å². The first kappa shape index (κ1) is 13.4. The van der Waals surface area contributed by atoms with Crippen molar-refractivity contribution in [3.05, 3.63) is 28.3 Å². The second kappa shape index (κ2) is 5.47. The zero-order valence-corrected chi connectivity index (χ0v) is 12.8. The second-order valence-electron chi connectivity index (χ2n) is 5.67. The van der Waals surface area contributed by atoms with Crippen LogP contribution >= 0.6 is 11.3 Å². The molecular formula is C14H18N4O2S. The molecule has 2 aliphatic rings. The molecule has 4 rings (SSSR count). The van der Waals surface area contributed by atoms with Gasteiger partial charge in [-0.1, -0.05) is 5.16 Å². The van der Waals surface area contributed by atoms with Crippen LogP contribution in [0.2, 0.25) is 0 Å². The lowest BCUT2D eigenvalue weighted by atomic mass is 10.2. The van der Waals surface area contributed by atoms with E-state index in [4.69, 9.17) is 9.26 Å². The van der Waals surface area contributed by atoms with Gasteiger partial charge in [0.05, 0.1) is 12.6 Å². The van der Waals surface area contributed by atoms with E-state index in [1.165, 1.54) is 12.8 Å². The summed E-state index contributed by atoms with van der Waals surface area (Å²) in [7, 11) is 0. The summed E-state index contributed by atoms with van der Waals surface area (Å²) >= 11 is 1.64. The van der Waals surface area contributed by atoms with E-state index >= 15 is 0 Å². The van der Waals surface area contributed by atoms with Crippen molar-refractivity contribution < 1.29 is 9.26 Å². The van der Waals surface area contributed by atoms with Gasteiger partial charge in [0, 0.05) is 30.6 Å². The monoisotopic (exact) mass is 306 g/mol. The highest BCUT2D eigenvalue weighted by molar-refractivity contribution is 7.09. The van der Waals surface area contributed by atoms with E-state index in [0.29, 0.717) is 12.5 Å². The molecule has 0 aromatic carbocycles. The van der Waals surface area contributed by atoms with Gasteiger partial charge in [0.2, 0.25) is 5.89 Å². The van der Waals surface area contributed by atoms with Crippen molar-refractivity contribution in [1.82, 2.24) is 20.0 Å². The van der Waals surface area contributed by atoms with Gasteiger partial charge in [-0.25, -0.2) is 4.98 Å². The highest BCUT2D eigenvalue weighted by atomic mass is 32.1. The lowest BCUT2D eigenvalue weighted by Gasteiger charge is -2.34. The molecule has 0 radical (unpaired) electrons. The van der Waals surface area contributed by atoms with Crippen molar-refractivity contribution in [1.29, 1.82) is 0 Å². The Hall–Kier alpha value is -1.31. The Morgan fingerprint density at radius 3 is 3.10 bits per heavy atom. The standard InChI is InChI=1S/C14H18N4O2S/c1-9(13-16-12(17-20-13)10-2-3-10)18-5-6-19-11(8-18)14-15-4-7-21-14/h4,7,9-11H,2-3,5-6,8H2,1H3/t9-,11-/m0/s1. The third-order valence-corrected chi connectivity index (χ3v) is 5.00. The molecule has 0 spiro atoms. The van der Waals surface area contributed by atoms with Crippen molar-refractivity contribution in [3.63, 3.8) is 0 Å². The lowest BCUT2D eigenvalue weighted by Crippen LogP contribution is -2.39. The molecule has 7 heteroatoms. The molecule has 6 nitrogen and oxygen atoms in total. The predicted octanol–water partition coefficient (Wildman–Crippen LogP) is 2.54. The number of aromatic nitrogens is 3. The normalized spacial score (nSPS) is 25.1. The first-order valence-corrected chi connectivity index (χ1v) is 8.28. The summed E-state index contributed by atoms with van der Waals surface area (Å²) in [5, 5.41) is 7.13. The van der Waals surface area contributed by atoms with Gasteiger partial charge < -0.3 is 9.26 Å². The Bertz CT molecular complexity index is 596. The zero-order chi connectivity index (χ0) is 14.2. The van der Waals surface area contributed by atoms with Crippen LogP contribution in [0.1, 0.15) is 54.6 Å². The SMILES string of the molecule is C[C@@H](c1nc(C2CC2)no1)N1CCO[C@H](c2nccs2)C1. The minimum Gasteiger partial charge on any atom is -0.368 e. The molecule has 2 atom stereocenters. The van der Waals surface area contributed by atoms with Crippen molar-refractivity contribution in [3.8, 4) is 0 Å².